The van der Waals surface area contributed by atoms with E-state index < -0.39 is 0 Å². The second-order valence-corrected chi connectivity index (χ2v) is 5.30. The van der Waals surface area contributed by atoms with Crippen molar-refractivity contribution in [2.75, 3.05) is 25.0 Å². The Labute approximate surface area is 113 Å². The second kappa shape index (κ2) is 6.39. The lowest BCUT2D eigenvalue weighted by molar-refractivity contribution is 0.300. The average Bonchev–Trinajstić information content (AvgIpc) is 2.53. The molecule has 2 nitrogen and oxygen atoms in total. The molecule has 100 valence electrons. The molecule has 0 spiro atoms. The van der Waals surface area contributed by atoms with Crippen molar-refractivity contribution in [3.8, 4) is 0 Å². The summed E-state index contributed by atoms with van der Waals surface area (Å²) in [5.41, 5.74) is 0.787. The predicted octanol–water partition coefficient (Wildman–Crippen LogP) is 3.77. The molecule has 18 heavy (non-hydrogen) atoms. The second-order valence-electron chi connectivity index (χ2n) is 4.86. The van der Waals surface area contributed by atoms with Gasteiger partial charge >= 0.3 is 0 Å². The van der Waals surface area contributed by atoms with Gasteiger partial charge in [0.2, 0.25) is 0 Å². The maximum Gasteiger partial charge on any atom is 0.126 e. The van der Waals surface area contributed by atoms with Crippen LogP contribution in [0.1, 0.15) is 26.2 Å². The zero-order chi connectivity index (χ0) is 13.0. The topological polar surface area (TPSA) is 15.3 Å². The number of likely N-dealkylation sites (tertiary alicyclic amines) is 1. The van der Waals surface area contributed by atoms with Crippen LogP contribution < -0.4 is 5.32 Å². The normalized spacial score (nSPS) is 21.6. The molecule has 0 aromatic heterocycles. The maximum absolute atomic E-state index is 13.2. The van der Waals surface area contributed by atoms with Gasteiger partial charge < -0.3 is 10.2 Å². The lowest BCUT2D eigenvalue weighted by atomic mass is 10.1. The highest BCUT2D eigenvalue weighted by Crippen LogP contribution is 2.21. The summed E-state index contributed by atoms with van der Waals surface area (Å²) in [6.45, 7) is 5.58. The summed E-state index contributed by atoms with van der Waals surface area (Å²) in [5, 5.41) is 3.84. The SMILES string of the molecule is CCN1CCCC(Nc2cc(F)cc(Cl)c2)CC1. The van der Waals surface area contributed by atoms with Crippen LogP contribution in [0.25, 0.3) is 0 Å². The number of hydrogen-bond donors (Lipinski definition) is 1. The zero-order valence-corrected chi connectivity index (χ0v) is 11.5. The van der Waals surface area contributed by atoms with Crippen molar-refractivity contribution < 1.29 is 4.39 Å². The van der Waals surface area contributed by atoms with E-state index in [-0.39, 0.29) is 5.82 Å². The molecule has 1 saturated heterocycles. The van der Waals surface area contributed by atoms with Crippen molar-refractivity contribution in [1.29, 1.82) is 0 Å². The quantitative estimate of drug-likeness (QED) is 0.900. The summed E-state index contributed by atoms with van der Waals surface area (Å²) in [5.74, 6) is -0.284. The van der Waals surface area contributed by atoms with Crippen LogP contribution in [0, 0.1) is 5.82 Å². The molecule has 0 aliphatic carbocycles. The lowest BCUT2D eigenvalue weighted by Gasteiger charge is -2.19. The van der Waals surface area contributed by atoms with Crippen LogP contribution in [0.3, 0.4) is 0 Å². The lowest BCUT2D eigenvalue weighted by Crippen LogP contribution is -2.26. The van der Waals surface area contributed by atoms with Crippen LogP contribution in [0.5, 0.6) is 0 Å². The molecule has 1 aromatic rings. The van der Waals surface area contributed by atoms with E-state index in [4.69, 9.17) is 11.6 Å². The molecule has 1 aliphatic heterocycles. The first kappa shape index (κ1) is 13.6. The van der Waals surface area contributed by atoms with Gasteiger partial charge in [-0.2, -0.15) is 0 Å². The summed E-state index contributed by atoms with van der Waals surface area (Å²) in [4.78, 5) is 2.46. The average molecular weight is 271 g/mol. The Morgan fingerprint density at radius 2 is 2.17 bits per heavy atom. The molecule has 4 heteroatoms. The number of hydrogen-bond acceptors (Lipinski definition) is 2. The molecule has 0 amide bonds. The van der Waals surface area contributed by atoms with E-state index in [1.165, 1.54) is 25.1 Å². The molecule has 1 N–H and O–H groups in total. The van der Waals surface area contributed by atoms with Crippen LogP contribution in [0.2, 0.25) is 5.02 Å². The van der Waals surface area contributed by atoms with Gasteiger partial charge in [0.1, 0.15) is 5.82 Å². The summed E-state index contributed by atoms with van der Waals surface area (Å²) < 4.78 is 13.2. The predicted molar refractivity (Wildman–Crippen MR) is 74.8 cm³/mol. The molecule has 1 heterocycles. The fourth-order valence-electron chi connectivity index (χ4n) is 2.49. The van der Waals surface area contributed by atoms with Crippen LogP contribution in [0.4, 0.5) is 10.1 Å². The molecule has 0 radical (unpaired) electrons. The minimum absolute atomic E-state index is 0.284. The maximum atomic E-state index is 13.2. The molecule has 1 aromatic carbocycles. The van der Waals surface area contributed by atoms with Gasteiger partial charge in [0.25, 0.3) is 0 Å². The van der Waals surface area contributed by atoms with Crippen LogP contribution in [0.15, 0.2) is 18.2 Å². The van der Waals surface area contributed by atoms with Gasteiger partial charge in [-0.3, -0.25) is 0 Å². The van der Waals surface area contributed by atoms with E-state index in [1.54, 1.807) is 6.07 Å². The highest BCUT2D eigenvalue weighted by molar-refractivity contribution is 6.30. The molecule has 0 bridgehead atoms. The third-order valence-electron chi connectivity index (χ3n) is 3.50. The molecule has 0 saturated carbocycles. The van der Waals surface area contributed by atoms with Gasteiger partial charge in [-0.15, -0.1) is 0 Å². The number of nitrogens with zero attached hydrogens (tertiary/aromatic N) is 1. The molecular weight excluding hydrogens is 251 g/mol. The largest absolute Gasteiger partial charge is 0.382 e. The summed E-state index contributed by atoms with van der Waals surface area (Å²) >= 11 is 5.86. The number of anilines is 1. The van der Waals surface area contributed by atoms with Gasteiger partial charge in [-0.25, -0.2) is 4.39 Å². The van der Waals surface area contributed by atoms with Crippen LogP contribution in [-0.4, -0.2) is 30.6 Å². The Hall–Kier alpha value is -0.800. The van der Waals surface area contributed by atoms with Gasteiger partial charge in [0, 0.05) is 23.3 Å². The van der Waals surface area contributed by atoms with Gasteiger partial charge in [-0.05, 0) is 50.6 Å². The van der Waals surface area contributed by atoms with Crippen LogP contribution in [-0.2, 0) is 0 Å². The van der Waals surface area contributed by atoms with Crippen molar-refractivity contribution in [1.82, 2.24) is 4.90 Å². The van der Waals surface area contributed by atoms with E-state index in [1.807, 2.05) is 0 Å². The van der Waals surface area contributed by atoms with Crippen molar-refractivity contribution in [2.45, 2.75) is 32.2 Å². The first-order valence-electron chi connectivity index (χ1n) is 6.62. The number of nitrogens with one attached hydrogen (secondary N) is 1. The summed E-state index contributed by atoms with van der Waals surface area (Å²) in [6.07, 6.45) is 3.42. The Bertz CT molecular complexity index is 377. The molecule has 1 unspecified atom stereocenters. The van der Waals surface area contributed by atoms with E-state index >= 15 is 0 Å². The van der Waals surface area contributed by atoms with Gasteiger partial charge in [-0.1, -0.05) is 18.5 Å². The van der Waals surface area contributed by atoms with E-state index in [2.05, 4.69) is 17.1 Å². The molecule has 1 atom stereocenters. The Kier molecular flexibility index (Phi) is 4.84. The summed E-state index contributed by atoms with van der Waals surface area (Å²) in [7, 11) is 0. The number of rotatable bonds is 3. The molecule has 2 rings (SSSR count). The number of halogens is 2. The van der Waals surface area contributed by atoms with Crippen LogP contribution >= 0.6 is 11.6 Å². The van der Waals surface area contributed by atoms with Gasteiger partial charge in [0.15, 0.2) is 0 Å². The Morgan fingerprint density at radius 3 is 2.89 bits per heavy atom. The molecule has 1 aliphatic rings. The third kappa shape index (κ3) is 3.85. The first-order valence-corrected chi connectivity index (χ1v) is 7.00. The standard InChI is InChI=1S/C14H20ClFN2/c1-2-18-6-3-4-13(5-7-18)17-14-9-11(15)8-12(16)10-14/h8-10,13,17H,2-7H2,1H3. The van der Waals surface area contributed by atoms with Crippen molar-refractivity contribution >= 4 is 17.3 Å². The molecule has 1 fully saturated rings. The Balaban J connectivity index is 1.96. The van der Waals surface area contributed by atoms with Crippen molar-refractivity contribution in [3.05, 3.63) is 29.0 Å². The smallest absolute Gasteiger partial charge is 0.126 e. The highest BCUT2D eigenvalue weighted by atomic mass is 35.5. The minimum atomic E-state index is -0.284. The zero-order valence-electron chi connectivity index (χ0n) is 10.8. The number of benzene rings is 1. The monoisotopic (exact) mass is 270 g/mol. The van der Waals surface area contributed by atoms with E-state index in [0.717, 1.165) is 31.6 Å². The Morgan fingerprint density at radius 1 is 1.33 bits per heavy atom. The fraction of sp³-hybridized carbons (Fsp3) is 0.571. The third-order valence-corrected chi connectivity index (χ3v) is 3.72. The van der Waals surface area contributed by atoms with Gasteiger partial charge in [0.05, 0.1) is 0 Å². The summed E-state index contributed by atoms with van der Waals surface area (Å²) in [6, 6.07) is 5.04. The van der Waals surface area contributed by atoms with E-state index in [0.29, 0.717) is 11.1 Å². The van der Waals surface area contributed by atoms with Crippen molar-refractivity contribution in [3.63, 3.8) is 0 Å². The fourth-order valence-corrected chi connectivity index (χ4v) is 2.71. The minimum Gasteiger partial charge on any atom is -0.382 e. The molecular formula is C14H20ClFN2. The first-order chi connectivity index (χ1) is 8.67. The highest BCUT2D eigenvalue weighted by Gasteiger charge is 2.16. The van der Waals surface area contributed by atoms with E-state index in [9.17, 15) is 4.39 Å². The van der Waals surface area contributed by atoms with Crippen molar-refractivity contribution in [2.24, 2.45) is 0 Å².